The molecule has 2 rings (SSSR count). The van der Waals surface area contributed by atoms with Gasteiger partial charge in [-0.1, -0.05) is 39.0 Å². The van der Waals surface area contributed by atoms with Gasteiger partial charge in [-0.15, -0.1) is 0 Å². The molecule has 0 aliphatic carbocycles. The minimum absolute atomic E-state index is 0.474. The van der Waals surface area contributed by atoms with Crippen molar-refractivity contribution in [2.24, 2.45) is 0 Å². The van der Waals surface area contributed by atoms with Crippen molar-refractivity contribution in [3.63, 3.8) is 0 Å². The van der Waals surface area contributed by atoms with E-state index in [0.717, 1.165) is 13.0 Å². The maximum atomic E-state index is 3.63. The Morgan fingerprint density at radius 1 is 1.20 bits per heavy atom. The first-order valence-electron chi connectivity index (χ1n) is 8.33. The molecule has 0 radical (unpaired) electrons. The van der Waals surface area contributed by atoms with Gasteiger partial charge in [-0.25, -0.2) is 0 Å². The molecule has 1 aromatic rings. The Kier molecular flexibility index (Phi) is 5.47. The Morgan fingerprint density at radius 3 is 2.60 bits per heavy atom. The second-order valence-electron chi connectivity index (χ2n) is 5.97. The molecule has 3 unspecified atom stereocenters. The van der Waals surface area contributed by atoms with Crippen LogP contribution in [0.2, 0.25) is 0 Å². The molecule has 0 spiro atoms. The third kappa shape index (κ3) is 3.01. The van der Waals surface area contributed by atoms with Crippen molar-refractivity contribution < 1.29 is 0 Å². The third-order valence-corrected chi connectivity index (χ3v) is 4.71. The zero-order chi connectivity index (χ0) is 14.5. The predicted octanol–water partition coefficient (Wildman–Crippen LogP) is 4.51. The predicted molar refractivity (Wildman–Crippen MR) is 88.4 cm³/mol. The van der Waals surface area contributed by atoms with Crippen LogP contribution < -0.4 is 10.2 Å². The van der Waals surface area contributed by atoms with E-state index in [4.69, 9.17) is 0 Å². The molecule has 1 heterocycles. The zero-order valence-electron chi connectivity index (χ0n) is 13.5. The average molecular weight is 274 g/mol. The Hall–Kier alpha value is -1.02. The van der Waals surface area contributed by atoms with Crippen molar-refractivity contribution in [3.8, 4) is 0 Å². The normalized spacial score (nSPS) is 24.1. The lowest BCUT2D eigenvalue weighted by atomic mass is 10.00. The number of benzene rings is 1. The highest BCUT2D eigenvalue weighted by Crippen LogP contribution is 2.36. The van der Waals surface area contributed by atoms with Gasteiger partial charge in [0.15, 0.2) is 0 Å². The van der Waals surface area contributed by atoms with Gasteiger partial charge in [-0.05, 0) is 50.8 Å². The Balaban J connectivity index is 2.35. The number of nitrogens with one attached hydrogen (secondary N) is 1. The van der Waals surface area contributed by atoms with Gasteiger partial charge in [0, 0.05) is 23.8 Å². The Bertz CT molecular complexity index is 416. The summed E-state index contributed by atoms with van der Waals surface area (Å²) in [4.78, 5) is 2.68. The molecule has 1 aliphatic heterocycles. The van der Waals surface area contributed by atoms with E-state index in [1.54, 1.807) is 0 Å². The van der Waals surface area contributed by atoms with Gasteiger partial charge < -0.3 is 10.2 Å². The minimum atomic E-state index is 0.474. The maximum absolute atomic E-state index is 3.63. The van der Waals surface area contributed by atoms with Crippen LogP contribution in [0.3, 0.4) is 0 Å². The molecule has 1 fully saturated rings. The van der Waals surface area contributed by atoms with E-state index < -0.39 is 0 Å². The molecule has 20 heavy (non-hydrogen) atoms. The lowest BCUT2D eigenvalue weighted by Crippen LogP contribution is -2.35. The van der Waals surface area contributed by atoms with Gasteiger partial charge in [0.1, 0.15) is 0 Å². The number of hydrogen-bond acceptors (Lipinski definition) is 2. The minimum Gasteiger partial charge on any atom is -0.366 e. The summed E-state index contributed by atoms with van der Waals surface area (Å²) in [5, 5.41) is 3.63. The zero-order valence-corrected chi connectivity index (χ0v) is 13.5. The number of anilines is 1. The van der Waals surface area contributed by atoms with Crippen molar-refractivity contribution in [1.82, 2.24) is 5.32 Å². The van der Waals surface area contributed by atoms with Crippen LogP contribution in [0.4, 0.5) is 5.69 Å². The highest BCUT2D eigenvalue weighted by atomic mass is 15.2. The first-order valence-corrected chi connectivity index (χ1v) is 8.33. The van der Waals surface area contributed by atoms with Crippen LogP contribution in [0.25, 0.3) is 0 Å². The molecule has 0 bridgehead atoms. The lowest BCUT2D eigenvalue weighted by Gasteiger charge is -2.34. The monoisotopic (exact) mass is 274 g/mol. The van der Waals surface area contributed by atoms with Crippen molar-refractivity contribution in [2.45, 2.75) is 71.5 Å². The molecule has 0 amide bonds. The van der Waals surface area contributed by atoms with E-state index in [1.165, 1.54) is 30.5 Å². The summed E-state index contributed by atoms with van der Waals surface area (Å²) >= 11 is 0. The second-order valence-corrected chi connectivity index (χ2v) is 5.97. The third-order valence-electron chi connectivity index (χ3n) is 4.71. The summed E-state index contributed by atoms with van der Waals surface area (Å²) in [6.07, 6.45) is 5.05. The molecular weight excluding hydrogens is 244 g/mol. The average Bonchev–Trinajstić information content (AvgIpc) is 2.85. The number of para-hydroxylation sites is 1. The fourth-order valence-corrected chi connectivity index (χ4v) is 3.64. The van der Waals surface area contributed by atoms with E-state index in [1.807, 2.05) is 0 Å². The molecule has 1 aliphatic rings. The van der Waals surface area contributed by atoms with Crippen molar-refractivity contribution in [3.05, 3.63) is 29.8 Å². The molecule has 1 saturated heterocycles. The van der Waals surface area contributed by atoms with Crippen LogP contribution >= 0.6 is 0 Å². The van der Waals surface area contributed by atoms with E-state index in [-0.39, 0.29) is 0 Å². The van der Waals surface area contributed by atoms with E-state index >= 15 is 0 Å². The van der Waals surface area contributed by atoms with Crippen LogP contribution in [0.5, 0.6) is 0 Å². The molecule has 0 aromatic heterocycles. The van der Waals surface area contributed by atoms with Crippen molar-refractivity contribution >= 4 is 5.69 Å². The van der Waals surface area contributed by atoms with Crippen LogP contribution in [0.15, 0.2) is 24.3 Å². The second kappa shape index (κ2) is 7.12. The van der Waals surface area contributed by atoms with Gasteiger partial charge in [-0.2, -0.15) is 0 Å². The summed E-state index contributed by atoms with van der Waals surface area (Å²) < 4.78 is 0. The van der Waals surface area contributed by atoms with Gasteiger partial charge in [0.2, 0.25) is 0 Å². The molecule has 112 valence electrons. The van der Waals surface area contributed by atoms with Gasteiger partial charge in [0.05, 0.1) is 0 Å². The van der Waals surface area contributed by atoms with E-state index in [9.17, 15) is 0 Å². The summed E-state index contributed by atoms with van der Waals surface area (Å²) in [7, 11) is 0. The molecule has 2 nitrogen and oxygen atoms in total. The van der Waals surface area contributed by atoms with Gasteiger partial charge in [0.25, 0.3) is 0 Å². The summed E-state index contributed by atoms with van der Waals surface area (Å²) in [6, 6.07) is 10.9. The molecule has 1 N–H and O–H groups in total. The summed E-state index contributed by atoms with van der Waals surface area (Å²) in [6.45, 7) is 10.2. The molecule has 3 atom stereocenters. The Morgan fingerprint density at radius 2 is 1.95 bits per heavy atom. The number of nitrogens with zero attached hydrogens (tertiary/aromatic N) is 1. The topological polar surface area (TPSA) is 15.3 Å². The van der Waals surface area contributed by atoms with Crippen LogP contribution in [0.1, 0.15) is 65.0 Å². The van der Waals surface area contributed by atoms with E-state index in [0.29, 0.717) is 18.1 Å². The fraction of sp³-hybridized carbons (Fsp3) is 0.667. The van der Waals surface area contributed by atoms with Crippen molar-refractivity contribution in [2.75, 3.05) is 11.4 Å². The smallest absolute Gasteiger partial charge is 0.0419 e. The molecule has 2 heteroatoms. The highest BCUT2D eigenvalue weighted by molar-refractivity contribution is 5.57. The van der Waals surface area contributed by atoms with Crippen LogP contribution in [-0.2, 0) is 0 Å². The number of rotatable bonds is 6. The Labute approximate surface area is 124 Å². The van der Waals surface area contributed by atoms with Gasteiger partial charge in [-0.3, -0.25) is 0 Å². The first kappa shape index (κ1) is 15.4. The van der Waals surface area contributed by atoms with Crippen molar-refractivity contribution in [1.29, 1.82) is 0 Å². The maximum Gasteiger partial charge on any atom is 0.0419 e. The summed E-state index contributed by atoms with van der Waals surface area (Å²) in [5.41, 5.74) is 2.93. The molecule has 0 saturated carbocycles. The highest BCUT2D eigenvalue weighted by Gasteiger charge is 2.31. The van der Waals surface area contributed by atoms with Crippen LogP contribution in [0, 0.1) is 0 Å². The summed E-state index contributed by atoms with van der Waals surface area (Å²) in [5.74, 6) is 0. The van der Waals surface area contributed by atoms with Crippen LogP contribution in [-0.4, -0.2) is 18.6 Å². The quantitative estimate of drug-likeness (QED) is 0.821. The molecular formula is C18H30N2. The SMILES string of the molecule is CCNC(CC)c1ccccc1N1C(C)CCC1CC. The van der Waals surface area contributed by atoms with E-state index in [2.05, 4.69) is 62.2 Å². The first-order chi connectivity index (χ1) is 9.72. The standard InChI is InChI=1S/C18H30N2/c1-5-15-13-12-14(4)20(15)18-11-9-8-10-16(18)17(6-2)19-7-3/h8-11,14-15,17,19H,5-7,12-13H2,1-4H3. The lowest BCUT2D eigenvalue weighted by molar-refractivity contribution is 0.531. The molecule has 1 aromatic carbocycles. The largest absolute Gasteiger partial charge is 0.366 e. The fourth-order valence-electron chi connectivity index (χ4n) is 3.64. The number of hydrogen-bond donors (Lipinski definition) is 1. The van der Waals surface area contributed by atoms with Gasteiger partial charge >= 0.3 is 0 Å².